The van der Waals surface area contributed by atoms with Gasteiger partial charge in [-0.1, -0.05) is 6.07 Å². The molecule has 1 aromatic rings. The Morgan fingerprint density at radius 3 is 3.00 bits per heavy atom. The quantitative estimate of drug-likeness (QED) is 0.823. The molecule has 0 saturated carbocycles. The van der Waals surface area contributed by atoms with Crippen LogP contribution in [0.2, 0.25) is 0 Å². The largest absolute Gasteiger partial charge is 0.299 e. The third-order valence-corrected chi connectivity index (χ3v) is 4.08. The van der Waals surface area contributed by atoms with Gasteiger partial charge in [0.15, 0.2) is 0 Å². The lowest BCUT2D eigenvalue weighted by Gasteiger charge is -2.32. The highest BCUT2D eigenvalue weighted by Crippen LogP contribution is 2.18. The molecule has 112 valence electrons. The zero-order valence-corrected chi connectivity index (χ0v) is 12.6. The maximum Gasteiger partial charge on any atom is 0.274 e. The van der Waals surface area contributed by atoms with Gasteiger partial charge < -0.3 is 0 Å². The van der Waals surface area contributed by atoms with Crippen LogP contribution < -0.4 is 9.86 Å². The van der Waals surface area contributed by atoms with Crippen molar-refractivity contribution >= 4 is 10.2 Å². The van der Waals surface area contributed by atoms with E-state index in [0.29, 0.717) is 12.5 Å². The standard InChI is InChI=1S/C13H22N4O2S/c1-11-5-13(7-15-6-11)10-17-4-2-3-12(9-17)8-16-20(14,18)19/h5-7,12,16H,2-4,8-10H2,1H3,(H2,14,18,19)/t12-/m0/s1. The van der Waals surface area contributed by atoms with E-state index in [1.54, 1.807) is 0 Å². The molecule has 1 atom stereocenters. The van der Waals surface area contributed by atoms with Crippen LogP contribution in [0, 0.1) is 12.8 Å². The predicted molar refractivity (Wildman–Crippen MR) is 78.1 cm³/mol. The molecular weight excluding hydrogens is 276 g/mol. The number of likely N-dealkylation sites (tertiary alicyclic amines) is 1. The summed E-state index contributed by atoms with van der Waals surface area (Å²) >= 11 is 0. The summed E-state index contributed by atoms with van der Waals surface area (Å²) in [5, 5.41) is 4.97. The van der Waals surface area contributed by atoms with Crippen LogP contribution in [0.3, 0.4) is 0 Å². The summed E-state index contributed by atoms with van der Waals surface area (Å²) in [4.78, 5) is 6.55. The number of nitrogens with one attached hydrogen (secondary N) is 1. The van der Waals surface area contributed by atoms with Gasteiger partial charge in [0, 0.05) is 32.0 Å². The van der Waals surface area contributed by atoms with Gasteiger partial charge in [-0.2, -0.15) is 8.42 Å². The second kappa shape index (κ2) is 6.62. The van der Waals surface area contributed by atoms with Crippen LogP contribution in [0.25, 0.3) is 0 Å². The average Bonchev–Trinajstić information content (AvgIpc) is 2.36. The number of rotatable bonds is 5. The van der Waals surface area contributed by atoms with Crippen molar-refractivity contribution in [3.05, 3.63) is 29.6 Å². The molecule has 2 rings (SSSR count). The van der Waals surface area contributed by atoms with E-state index < -0.39 is 10.2 Å². The number of nitrogens with zero attached hydrogens (tertiary/aromatic N) is 2. The molecule has 20 heavy (non-hydrogen) atoms. The Kier molecular flexibility index (Phi) is 5.09. The minimum Gasteiger partial charge on any atom is -0.299 e. The predicted octanol–water partition coefficient (Wildman–Crippen LogP) is 0.395. The van der Waals surface area contributed by atoms with Crippen molar-refractivity contribution in [3.63, 3.8) is 0 Å². The first-order chi connectivity index (χ1) is 9.42. The molecule has 6 nitrogen and oxygen atoms in total. The van der Waals surface area contributed by atoms with E-state index in [-0.39, 0.29) is 0 Å². The van der Waals surface area contributed by atoms with Crippen molar-refractivity contribution in [1.29, 1.82) is 0 Å². The van der Waals surface area contributed by atoms with Crippen LogP contribution in [0.4, 0.5) is 0 Å². The van der Waals surface area contributed by atoms with Crippen LogP contribution >= 0.6 is 0 Å². The van der Waals surface area contributed by atoms with E-state index in [1.807, 2.05) is 19.3 Å². The zero-order chi connectivity index (χ0) is 14.6. The van der Waals surface area contributed by atoms with Crippen molar-refractivity contribution in [2.75, 3.05) is 19.6 Å². The van der Waals surface area contributed by atoms with Crippen molar-refractivity contribution in [2.24, 2.45) is 11.1 Å². The normalized spacial score (nSPS) is 21.0. The lowest BCUT2D eigenvalue weighted by molar-refractivity contribution is 0.168. The van der Waals surface area contributed by atoms with Gasteiger partial charge in [-0.25, -0.2) is 9.86 Å². The molecule has 1 saturated heterocycles. The minimum atomic E-state index is -3.58. The average molecular weight is 298 g/mol. The third kappa shape index (κ3) is 5.16. The lowest BCUT2D eigenvalue weighted by atomic mass is 9.98. The summed E-state index contributed by atoms with van der Waals surface area (Å²) in [7, 11) is -3.58. The maximum atomic E-state index is 10.9. The second-order valence-electron chi connectivity index (χ2n) is 5.51. The van der Waals surface area contributed by atoms with E-state index in [4.69, 9.17) is 5.14 Å². The highest BCUT2D eigenvalue weighted by atomic mass is 32.2. The summed E-state index contributed by atoms with van der Waals surface area (Å²) in [5.41, 5.74) is 2.36. The summed E-state index contributed by atoms with van der Waals surface area (Å²) in [5.74, 6) is 0.319. The Hall–Kier alpha value is -1.02. The fraction of sp³-hybridized carbons (Fsp3) is 0.615. The molecule has 1 aliphatic rings. The number of aromatic nitrogens is 1. The molecule has 1 fully saturated rings. The molecular formula is C13H22N4O2S. The Labute approximate surface area is 120 Å². The number of nitrogens with two attached hydrogens (primary N) is 1. The molecule has 2 heterocycles. The monoisotopic (exact) mass is 298 g/mol. The van der Waals surface area contributed by atoms with Crippen LogP contribution in [-0.4, -0.2) is 37.9 Å². The van der Waals surface area contributed by atoms with Gasteiger partial charge in [0.05, 0.1) is 0 Å². The summed E-state index contributed by atoms with van der Waals surface area (Å²) < 4.78 is 24.3. The molecule has 0 aromatic carbocycles. The Balaban J connectivity index is 1.87. The van der Waals surface area contributed by atoms with Crippen LogP contribution in [0.1, 0.15) is 24.0 Å². The van der Waals surface area contributed by atoms with E-state index in [9.17, 15) is 8.42 Å². The third-order valence-electron chi connectivity index (χ3n) is 3.51. The van der Waals surface area contributed by atoms with Crippen molar-refractivity contribution in [1.82, 2.24) is 14.6 Å². The molecule has 0 aliphatic carbocycles. The molecule has 1 aromatic heterocycles. The smallest absolute Gasteiger partial charge is 0.274 e. The molecule has 0 radical (unpaired) electrons. The van der Waals surface area contributed by atoms with Crippen molar-refractivity contribution in [3.8, 4) is 0 Å². The maximum absolute atomic E-state index is 10.9. The molecule has 7 heteroatoms. The minimum absolute atomic E-state index is 0.319. The first-order valence-corrected chi connectivity index (χ1v) is 8.37. The van der Waals surface area contributed by atoms with Gasteiger partial charge in [-0.05, 0) is 43.4 Å². The van der Waals surface area contributed by atoms with Gasteiger partial charge in [0.25, 0.3) is 10.2 Å². The molecule has 0 spiro atoms. The van der Waals surface area contributed by atoms with Gasteiger partial charge in [-0.15, -0.1) is 0 Å². The number of piperidine rings is 1. The Bertz CT molecular complexity index is 547. The van der Waals surface area contributed by atoms with E-state index in [2.05, 4.69) is 20.7 Å². The van der Waals surface area contributed by atoms with Gasteiger partial charge in [0.2, 0.25) is 0 Å². The first-order valence-electron chi connectivity index (χ1n) is 6.82. The fourth-order valence-corrected chi connectivity index (χ4v) is 3.13. The van der Waals surface area contributed by atoms with Gasteiger partial charge in [0.1, 0.15) is 0 Å². The van der Waals surface area contributed by atoms with E-state index in [0.717, 1.165) is 38.0 Å². The number of pyridine rings is 1. The molecule has 0 amide bonds. The van der Waals surface area contributed by atoms with Gasteiger partial charge >= 0.3 is 0 Å². The van der Waals surface area contributed by atoms with Crippen molar-refractivity contribution in [2.45, 2.75) is 26.3 Å². The molecule has 3 N–H and O–H groups in total. The molecule has 0 unspecified atom stereocenters. The summed E-state index contributed by atoms with van der Waals surface area (Å²) in [6.45, 7) is 5.24. The van der Waals surface area contributed by atoms with Crippen LogP contribution in [0.15, 0.2) is 18.5 Å². The van der Waals surface area contributed by atoms with Gasteiger partial charge in [-0.3, -0.25) is 9.88 Å². The Morgan fingerprint density at radius 1 is 1.50 bits per heavy atom. The second-order valence-corrected chi connectivity index (χ2v) is 6.89. The zero-order valence-electron chi connectivity index (χ0n) is 11.7. The molecule has 0 bridgehead atoms. The highest BCUT2D eigenvalue weighted by Gasteiger charge is 2.21. The topological polar surface area (TPSA) is 88.3 Å². The first kappa shape index (κ1) is 15.4. The number of hydrogen-bond acceptors (Lipinski definition) is 4. The summed E-state index contributed by atoms with van der Waals surface area (Å²) in [6, 6.07) is 2.14. The highest BCUT2D eigenvalue weighted by molar-refractivity contribution is 7.87. The number of hydrogen-bond donors (Lipinski definition) is 2. The van der Waals surface area contributed by atoms with Crippen molar-refractivity contribution < 1.29 is 8.42 Å². The Morgan fingerprint density at radius 2 is 2.30 bits per heavy atom. The lowest BCUT2D eigenvalue weighted by Crippen LogP contribution is -2.42. The number of aryl methyl sites for hydroxylation is 1. The molecule has 1 aliphatic heterocycles. The fourth-order valence-electron chi connectivity index (χ4n) is 2.66. The van der Waals surface area contributed by atoms with E-state index in [1.165, 1.54) is 5.56 Å². The SMILES string of the molecule is Cc1cncc(CN2CCC[C@@H](CNS(N)(=O)=O)C2)c1. The van der Waals surface area contributed by atoms with E-state index >= 15 is 0 Å². The van der Waals surface area contributed by atoms with Crippen LogP contribution in [0.5, 0.6) is 0 Å². The summed E-state index contributed by atoms with van der Waals surface area (Å²) in [6.07, 6.45) is 5.85. The van der Waals surface area contributed by atoms with Crippen LogP contribution in [-0.2, 0) is 16.8 Å².